The maximum absolute atomic E-state index is 12.3. The second-order valence-electron chi connectivity index (χ2n) is 5.14. The monoisotopic (exact) mass is 302 g/mol. The number of esters is 1. The topological polar surface area (TPSA) is 44.1 Å². The van der Waals surface area contributed by atoms with E-state index in [2.05, 4.69) is 11.2 Å². The van der Waals surface area contributed by atoms with Crippen molar-refractivity contribution in [3.05, 3.63) is 53.3 Å². The molecule has 0 fully saturated rings. The Bertz CT molecular complexity index is 639. The number of aromatic nitrogens is 2. The van der Waals surface area contributed by atoms with Crippen molar-refractivity contribution in [2.75, 3.05) is 12.4 Å². The van der Waals surface area contributed by atoms with E-state index in [4.69, 9.17) is 4.74 Å². The van der Waals surface area contributed by atoms with E-state index in [9.17, 15) is 4.79 Å². The van der Waals surface area contributed by atoms with Crippen LogP contribution in [0.25, 0.3) is 0 Å². The zero-order valence-corrected chi connectivity index (χ0v) is 12.8. The van der Waals surface area contributed by atoms with Crippen molar-refractivity contribution >= 4 is 17.7 Å². The molecular weight excluding hydrogens is 284 g/mol. The summed E-state index contributed by atoms with van der Waals surface area (Å²) < 4.78 is 7.21. The number of hydrogen-bond donors (Lipinski definition) is 0. The van der Waals surface area contributed by atoms with E-state index in [1.165, 1.54) is 5.56 Å². The Kier molecular flexibility index (Phi) is 4.29. The summed E-state index contributed by atoms with van der Waals surface area (Å²) in [6.07, 6.45) is 5.48. The highest BCUT2D eigenvalue weighted by Crippen LogP contribution is 2.37. The van der Waals surface area contributed by atoms with E-state index in [1.807, 2.05) is 31.4 Å². The van der Waals surface area contributed by atoms with Gasteiger partial charge in [0, 0.05) is 19.7 Å². The van der Waals surface area contributed by atoms with Crippen LogP contribution in [0.15, 0.2) is 36.7 Å². The van der Waals surface area contributed by atoms with Crippen molar-refractivity contribution in [1.29, 1.82) is 0 Å². The van der Waals surface area contributed by atoms with Crippen molar-refractivity contribution in [3.8, 4) is 0 Å². The SMILES string of the molecule is Cn1cc(CCOC(=O)[C@@H]2SCCc3ccccc32)cn1. The van der Waals surface area contributed by atoms with Crippen molar-refractivity contribution < 1.29 is 9.53 Å². The first-order valence-corrected chi connectivity index (χ1v) is 8.12. The third-order valence-electron chi connectivity index (χ3n) is 3.60. The second-order valence-corrected chi connectivity index (χ2v) is 6.35. The van der Waals surface area contributed by atoms with Crippen LogP contribution in [0.1, 0.15) is 21.9 Å². The van der Waals surface area contributed by atoms with Gasteiger partial charge in [-0.2, -0.15) is 5.10 Å². The summed E-state index contributed by atoms with van der Waals surface area (Å²) in [4.78, 5) is 12.3. The number of carbonyl (C=O) groups excluding carboxylic acids is 1. The maximum Gasteiger partial charge on any atom is 0.323 e. The lowest BCUT2D eigenvalue weighted by Crippen LogP contribution is -2.19. The first-order valence-electron chi connectivity index (χ1n) is 7.07. The summed E-state index contributed by atoms with van der Waals surface area (Å²) >= 11 is 1.67. The Hall–Kier alpha value is -1.75. The van der Waals surface area contributed by atoms with Gasteiger partial charge in [0.05, 0.1) is 12.8 Å². The minimum atomic E-state index is -0.177. The molecule has 0 N–H and O–H groups in total. The van der Waals surface area contributed by atoms with Gasteiger partial charge in [-0.25, -0.2) is 0 Å². The number of hydrogen-bond acceptors (Lipinski definition) is 4. The molecule has 0 unspecified atom stereocenters. The zero-order valence-electron chi connectivity index (χ0n) is 12.0. The molecule has 3 rings (SSSR count). The molecule has 0 saturated carbocycles. The van der Waals surface area contributed by atoms with Crippen LogP contribution in [0.4, 0.5) is 0 Å². The minimum absolute atomic E-state index is 0.129. The molecular formula is C16H18N2O2S. The summed E-state index contributed by atoms with van der Waals surface area (Å²) in [5.74, 6) is 0.843. The fraction of sp³-hybridized carbons (Fsp3) is 0.375. The fourth-order valence-electron chi connectivity index (χ4n) is 2.54. The predicted molar refractivity (Wildman–Crippen MR) is 83.2 cm³/mol. The largest absolute Gasteiger partial charge is 0.464 e. The number of ether oxygens (including phenoxy) is 1. The van der Waals surface area contributed by atoms with Crippen molar-refractivity contribution in [2.45, 2.75) is 18.1 Å². The van der Waals surface area contributed by atoms with Crippen LogP contribution in [0.3, 0.4) is 0 Å². The van der Waals surface area contributed by atoms with Gasteiger partial charge in [-0.3, -0.25) is 9.48 Å². The van der Waals surface area contributed by atoms with Crippen LogP contribution in [-0.4, -0.2) is 28.1 Å². The second kappa shape index (κ2) is 6.35. The summed E-state index contributed by atoms with van der Waals surface area (Å²) in [7, 11) is 1.88. The molecule has 1 aromatic heterocycles. The molecule has 110 valence electrons. The van der Waals surface area contributed by atoms with Crippen molar-refractivity contribution in [2.24, 2.45) is 7.05 Å². The molecule has 0 aliphatic carbocycles. The number of aryl methyl sites for hydroxylation is 2. The number of carbonyl (C=O) groups is 1. The summed E-state index contributed by atoms with van der Waals surface area (Å²) in [6, 6.07) is 8.15. The standard InChI is InChI=1S/C16H18N2O2S/c1-18-11-12(10-17-18)6-8-20-16(19)15-14-5-3-2-4-13(14)7-9-21-15/h2-5,10-11,15H,6-9H2,1H3/t15-/m1/s1. The van der Waals surface area contributed by atoms with Crippen molar-refractivity contribution in [3.63, 3.8) is 0 Å². The number of thioether (sulfide) groups is 1. The molecule has 0 radical (unpaired) electrons. The number of nitrogens with zero attached hydrogens (tertiary/aromatic N) is 2. The maximum atomic E-state index is 12.3. The Morgan fingerprint density at radius 2 is 2.33 bits per heavy atom. The average molecular weight is 302 g/mol. The van der Waals surface area contributed by atoms with Crippen LogP contribution in [0.5, 0.6) is 0 Å². The van der Waals surface area contributed by atoms with Crippen LogP contribution in [0, 0.1) is 0 Å². The van der Waals surface area contributed by atoms with Gasteiger partial charge < -0.3 is 4.74 Å². The highest BCUT2D eigenvalue weighted by atomic mass is 32.2. The van der Waals surface area contributed by atoms with Crippen molar-refractivity contribution in [1.82, 2.24) is 9.78 Å². The number of fused-ring (bicyclic) bond motifs is 1. The van der Waals surface area contributed by atoms with Gasteiger partial charge in [-0.1, -0.05) is 24.3 Å². The Balaban J connectivity index is 1.59. The molecule has 0 saturated heterocycles. The highest BCUT2D eigenvalue weighted by molar-refractivity contribution is 8.00. The smallest absolute Gasteiger partial charge is 0.323 e. The zero-order chi connectivity index (χ0) is 14.7. The molecule has 2 heterocycles. The molecule has 1 aliphatic heterocycles. The number of benzene rings is 1. The lowest BCUT2D eigenvalue weighted by Gasteiger charge is -2.23. The molecule has 1 atom stereocenters. The molecule has 5 heteroatoms. The molecule has 4 nitrogen and oxygen atoms in total. The summed E-state index contributed by atoms with van der Waals surface area (Å²) in [6.45, 7) is 0.407. The Morgan fingerprint density at radius 3 is 3.14 bits per heavy atom. The number of rotatable bonds is 4. The summed E-state index contributed by atoms with van der Waals surface area (Å²) in [5.41, 5.74) is 3.47. The van der Waals surface area contributed by atoms with E-state index >= 15 is 0 Å². The normalized spacial score (nSPS) is 17.3. The van der Waals surface area contributed by atoms with Crippen LogP contribution >= 0.6 is 11.8 Å². The molecule has 2 aromatic rings. The molecule has 1 aromatic carbocycles. The highest BCUT2D eigenvalue weighted by Gasteiger charge is 2.27. The van der Waals surface area contributed by atoms with Gasteiger partial charge in [0.2, 0.25) is 0 Å². The van der Waals surface area contributed by atoms with E-state index in [0.29, 0.717) is 13.0 Å². The van der Waals surface area contributed by atoms with Gasteiger partial charge in [0.1, 0.15) is 5.25 Å². The van der Waals surface area contributed by atoms with Crippen LogP contribution in [0.2, 0.25) is 0 Å². The third-order valence-corrected chi connectivity index (χ3v) is 4.82. The Morgan fingerprint density at radius 1 is 1.48 bits per heavy atom. The quantitative estimate of drug-likeness (QED) is 0.814. The lowest BCUT2D eigenvalue weighted by atomic mass is 10.0. The average Bonchev–Trinajstić information content (AvgIpc) is 2.92. The predicted octanol–water partition coefficient (Wildman–Crippen LogP) is 2.54. The summed E-state index contributed by atoms with van der Waals surface area (Å²) in [5, 5.41) is 3.93. The van der Waals surface area contributed by atoms with Crippen LogP contribution in [-0.2, 0) is 29.4 Å². The Labute approximate surface area is 128 Å². The molecule has 0 bridgehead atoms. The van der Waals surface area contributed by atoms with Crippen LogP contribution < -0.4 is 0 Å². The van der Waals surface area contributed by atoms with Gasteiger partial charge in [-0.15, -0.1) is 11.8 Å². The molecule has 0 spiro atoms. The lowest BCUT2D eigenvalue weighted by molar-refractivity contribution is -0.143. The third kappa shape index (κ3) is 3.29. The minimum Gasteiger partial charge on any atom is -0.464 e. The fourth-order valence-corrected chi connectivity index (χ4v) is 3.72. The van der Waals surface area contributed by atoms with E-state index in [-0.39, 0.29) is 11.2 Å². The van der Waals surface area contributed by atoms with E-state index in [1.54, 1.807) is 22.6 Å². The van der Waals surface area contributed by atoms with E-state index < -0.39 is 0 Å². The first-order chi connectivity index (χ1) is 10.2. The first kappa shape index (κ1) is 14.2. The molecule has 0 amide bonds. The van der Waals surface area contributed by atoms with Gasteiger partial charge in [0.15, 0.2) is 0 Å². The van der Waals surface area contributed by atoms with E-state index in [0.717, 1.165) is 23.3 Å². The van der Waals surface area contributed by atoms with Gasteiger partial charge >= 0.3 is 5.97 Å². The van der Waals surface area contributed by atoms with Gasteiger partial charge in [0.25, 0.3) is 0 Å². The van der Waals surface area contributed by atoms with Gasteiger partial charge in [-0.05, 0) is 28.9 Å². The molecule has 21 heavy (non-hydrogen) atoms. The molecule has 1 aliphatic rings.